The van der Waals surface area contributed by atoms with Gasteiger partial charge in [0.15, 0.2) is 5.17 Å². The molecule has 0 amide bonds. The van der Waals surface area contributed by atoms with Gasteiger partial charge in [0.2, 0.25) is 0 Å². The fraction of sp³-hybridized carbons (Fsp3) is 0.818. The lowest BCUT2D eigenvalue weighted by molar-refractivity contribution is -0.142. The predicted octanol–water partition coefficient (Wildman–Crippen LogP) is 1.66. The maximum Gasteiger partial charge on any atom is 0.307 e. The van der Waals surface area contributed by atoms with Gasteiger partial charge < -0.3 is 10.1 Å². The highest BCUT2D eigenvalue weighted by Gasteiger charge is 2.23. The molecule has 0 aromatic heterocycles. The third kappa shape index (κ3) is 4.88. The minimum Gasteiger partial charge on any atom is -0.466 e. The molecule has 1 aliphatic rings. The molecule has 0 aromatic carbocycles. The molecule has 0 saturated carbocycles. The van der Waals surface area contributed by atoms with Gasteiger partial charge in [-0.25, -0.2) is 0 Å². The molecule has 0 radical (unpaired) electrons. The lowest BCUT2D eigenvalue weighted by atomic mass is 9.97. The van der Waals surface area contributed by atoms with E-state index in [2.05, 4.69) is 24.2 Å². The molecule has 0 aliphatic carbocycles. The Kier molecular flexibility index (Phi) is 5.12. The molecule has 4 nitrogen and oxygen atoms in total. The molecule has 1 rings (SSSR count). The fourth-order valence-corrected chi connectivity index (χ4v) is 2.23. The van der Waals surface area contributed by atoms with Crippen LogP contribution in [-0.2, 0) is 9.53 Å². The van der Waals surface area contributed by atoms with E-state index in [1.807, 2.05) is 6.92 Å². The quantitative estimate of drug-likeness (QED) is 0.764. The molecule has 0 atom stereocenters. The molecule has 0 fully saturated rings. The maximum absolute atomic E-state index is 11.1. The van der Waals surface area contributed by atoms with Crippen molar-refractivity contribution in [3.63, 3.8) is 0 Å². The third-order valence-electron chi connectivity index (χ3n) is 2.16. The van der Waals surface area contributed by atoms with Crippen molar-refractivity contribution >= 4 is 22.9 Å². The zero-order chi connectivity index (χ0) is 12.0. The molecule has 16 heavy (non-hydrogen) atoms. The van der Waals surface area contributed by atoms with Gasteiger partial charge in [0.05, 0.1) is 13.0 Å². The smallest absolute Gasteiger partial charge is 0.307 e. The number of aliphatic imine (C=N–C) groups is 1. The predicted molar refractivity (Wildman–Crippen MR) is 67.8 cm³/mol. The van der Waals surface area contributed by atoms with Gasteiger partial charge in [0, 0.05) is 18.8 Å². The zero-order valence-electron chi connectivity index (χ0n) is 10.2. The first-order valence-electron chi connectivity index (χ1n) is 5.60. The standard InChI is InChI=1S/C11H20N2O2S/c1-4-15-9(14)5-6-12-10-13-7-11(2,3)8-16-10/h4-8H2,1-3H3,(H,12,13). The number of nitrogens with zero attached hydrogens (tertiary/aromatic N) is 1. The van der Waals surface area contributed by atoms with E-state index in [0.29, 0.717) is 19.6 Å². The van der Waals surface area contributed by atoms with Crippen molar-refractivity contribution in [2.45, 2.75) is 27.2 Å². The maximum atomic E-state index is 11.1. The Balaban J connectivity index is 2.19. The Labute approximate surface area is 101 Å². The van der Waals surface area contributed by atoms with Crippen LogP contribution >= 0.6 is 11.8 Å². The minimum absolute atomic E-state index is 0.156. The summed E-state index contributed by atoms with van der Waals surface area (Å²) in [7, 11) is 0. The van der Waals surface area contributed by atoms with Crippen molar-refractivity contribution in [1.29, 1.82) is 0 Å². The molecular formula is C11H20N2O2S. The molecule has 0 saturated heterocycles. The average Bonchev–Trinajstić information content (AvgIpc) is 2.21. The number of hydrogen-bond donors (Lipinski definition) is 1. The molecule has 0 unspecified atom stereocenters. The number of carbonyl (C=O) groups excluding carboxylic acids is 1. The first-order valence-corrected chi connectivity index (χ1v) is 6.59. The summed E-state index contributed by atoms with van der Waals surface area (Å²) in [5.41, 5.74) is 0.289. The van der Waals surface area contributed by atoms with E-state index in [-0.39, 0.29) is 11.4 Å². The molecule has 0 spiro atoms. The van der Waals surface area contributed by atoms with Crippen molar-refractivity contribution in [2.75, 3.05) is 25.4 Å². The van der Waals surface area contributed by atoms with E-state index in [4.69, 9.17) is 4.74 Å². The summed E-state index contributed by atoms with van der Waals surface area (Å²) >= 11 is 1.72. The monoisotopic (exact) mass is 244 g/mol. The summed E-state index contributed by atoms with van der Waals surface area (Å²) in [6.45, 7) is 8.13. The fourth-order valence-electron chi connectivity index (χ4n) is 1.25. The van der Waals surface area contributed by atoms with Gasteiger partial charge in [0.1, 0.15) is 0 Å². The van der Waals surface area contributed by atoms with E-state index in [1.54, 1.807) is 11.8 Å². The third-order valence-corrected chi connectivity index (χ3v) is 3.63. The topological polar surface area (TPSA) is 50.7 Å². The molecule has 1 N–H and O–H groups in total. The highest BCUT2D eigenvalue weighted by atomic mass is 32.2. The summed E-state index contributed by atoms with van der Waals surface area (Å²) in [4.78, 5) is 15.5. The summed E-state index contributed by atoms with van der Waals surface area (Å²) in [6, 6.07) is 0. The van der Waals surface area contributed by atoms with Crippen LogP contribution < -0.4 is 5.32 Å². The first kappa shape index (κ1) is 13.4. The number of esters is 1. The summed E-state index contributed by atoms with van der Waals surface area (Å²) in [6.07, 6.45) is 0.400. The molecular weight excluding hydrogens is 224 g/mol. The largest absolute Gasteiger partial charge is 0.466 e. The van der Waals surface area contributed by atoms with Crippen molar-refractivity contribution in [2.24, 2.45) is 10.4 Å². The number of ether oxygens (including phenoxy) is 1. The Morgan fingerprint density at radius 1 is 1.62 bits per heavy atom. The lowest BCUT2D eigenvalue weighted by Gasteiger charge is -2.27. The molecule has 0 bridgehead atoms. The minimum atomic E-state index is -0.156. The summed E-state index contributed by atoms with van der Waals surface area (Å²) in [5, 5.41) is 4.11. The van der Waals surface area contributed by atoms with E-state index < -0.39 is 0 Å². The van der Waals surface area contributed by atoms with Crippen LogP contribution in [0.4, 0.5) is 0 Å². The van der Waals surface area contributed by atoms with Gasteiger partial charge in [-0.2, -0.15) is 0 Å². The van der Waals surface area contributed by atoms with Gasteiger partial charge in [-0.05, 0) is 12.3 Å². The summed E-state index contributed by atoms with van der Waals surface area (Å²) < 4.78 is 4.84. The second-order valence-electron chi connectivity index (χ2n) is 4.56. The van der Waals surface area contributed by atoms with Gasteiger partial charge in [-0.15, -0.1) is 0 Å². The molecule has 1 heterocycles. The zero-order valence-corrected chi connectivity index (χ0v) is 11.0. The Hall–Kier alpha value is -0.710. The van der Waals surface area contributed by atoms with Gasteiger partial charge in [0.25, 0.3) is 0 Å². The van der Waals surface area contributed by atoms with Crippen molar-refractivity contribution in [1.82, 2.24) is 5.32 Å². The molecule has 92 valence electrons. The molecule has 5 heteroatoms. The second kappa shape index (κ2) is 6.13. The van der Waals surface area contributed by atoms with E-state index in [1.165, 1.54) is 0 Å². The SMILES string of the molecule is CCOC(=O)CCNC1=NCC(C)(C)CS1. The number of carbonyl (C=O) groups is 1. The Bertz CT molecular complexity index is 277. The second-order valence-corrected chi connectivity index (χ2v) is 5.52. The normalized spacial score (nSPS) is 18.8. The van der Waals surface area contributed by atoms with Crippen molar-refractivity contribution in [3.05, 3.63) is 0 Å². The van der Waals surface area contributed by atoms with Crippen LogP contribution in [0, 0.1) is 5.41 Å². The van der Waals surface area contributed by atoms with Crippen LogP contribution in [0.5, 0.6) is 0 Å². The van der Waals surface area contributed by atoms with E-state index in [0.717, 1.165) is 17.5 Å². The molecule has 0 aromatic rings. The van der Waals surface area contributed by atoms with Crippen LogP contribution in [0.2, 0.25) is 0 Å². The lowest BCUT2D eigenvalue weighted by Crippen LogP contribution is -2.32. The van der Waals surface area contributed by atoms with Gasteiger partial charge in [-0.1, -0.05) is 25.6 Å². The number of rotatable bonds is 4. The van der Waals surface area contributed by atoms with Crippen molar-refractivity contribution in [3.8, 4) is 0 Å². The highest BCUT2D eigenvalue weighted by molar-refractivity contribution is 8.13. The molecule has 1 aliphatic heterocycles. The van der Waals surface area contributed by atoms with E-state index in [9.17, 15) is 4.79 Å². The Morgan fingerprint density at radius 2 is 2.38 bits per heavy atom. The van der Waals surface area contributed by atoms with Crippen LogP contribution in [0.25, 0.3) is 0 Å². The van der Waals surface area contributed by atoms with E-state index >= 15 is 0 Å². The van der Waals surface area contributed by atoms with Crippen LogP contribution in [0.15, 0.2) is 4.99 Å². The number of thioether (sulfide) groups is 1. The van der Waals surface area contributed by atoms with Crippen LogP contribution in [0.1, 0.15) is 27.2 Å². The number of amidine groups is 1. The van der Waals surface area contributed by atoms with Crippen LogP contribution in [-0.4, -0.2) is 36.6 Å². The number of nitrogens with one attached hydrogen (secondary N) is 1. The summed E-state index contributed by atoms with van der Waals surface area (Å²) in [5.74, 6) is 0.912. The first-order chi connectivity index (χ1) is 7.53. The highest BCUT2D eigenvalue weighted by Crippen LogP contribution is 2.26. The average molecular weight is 244 g/mol. The van der Waals surface area contributed by atoms with Crippen LogP contribution in [0.3, 0.4) is 0 Å². The Morgan fingerprint density at radius 3 is 2.94 bits per heavy atom. The number of hydrogen-bond acceptors (Lipinski definition) is 5. The van der Waals surface area contributed by atoms with Crippen molar-refractivity contribution < 1.29 is 9.53 Å². The van der Waals surface area contributed by atoms with Gasteiger partial charge >= 0.3 is 5.97 Å². The van der Waals surface area contributed by atoms with Gasteiger partial charge in [-0.3, -0.25) is 9.79 Å².